The van der Waals surface area contributed by atoms with E-state index in [2.05, 4.69) is 16.0 Å². The van der Waals surface area contributed by atoms with Crippen LogP contribution >= 0.6 is 11.3 Å². The van der Waals surface area contributed by atoms with E-state index in [0.717, 1.165) is 23.3 Å². The van der Waals surface area contributed by atoms with E-state index >= 15 is 0 Å². The maximum Gasteiger partial charge on any atom is 0.404 e. The second-order valence-corrected chi connectivity index (χ2v) is 8.57. The van der Waals surface area contributed by atoms with Crippen LogP contribution in [0.5, 0.6) is 0 Å². The second kappa shape index (κ2) is 7.65. The van der Waals surface area contributed by atoms with Crippen LogP contribution in [0.15, 0.2) is 0 Å². The summed E-state index contributed by atoms with van der Waals surface area (Å²) < 4.78 is 0. The van der Waals surface area contributed by atoms with Crippen LogP contribution in [0.2, 0.25) is 0 Å². The maximum atomic E-state index is 12.8. The van der Waals surface area contributed by atoms with E-state index in [-0.39, 0.29) is 23.8 Å². The molecule has 3 rings (SSSR count). The van der Waals surface area contributed by atoms with Crippen LogP contribution in [0.3, 0.4) is 0 Å². The summed E-state index contributed by atoms with van der Waals surface area (Å²) in [7, 11) is 0. The van der Waals surface area contributed by atoms with E-state index < -0.39 is 6.09 Å². The molecule has 0 unspecified atom stereocenters. The normalized spacial score (nSPS) is 19.0. The number of carbonyl (C=O) groups is 3. The van der Waals surface area contributed by atoms with Gasteiger partial charge in [0.1, 0.15) is 5.00 Å². The van der Waals surface area contributed by atoms with Crippen LogP contribution in [0.25, 0.3) is 0 Å². The Morgan fingerprint density at radius 2 is 1.96 bits per heavy atom. The van der Waals surface area contributed by atoms with Crippen LogP contribution in [-0.2, 0) is 17.6 Å². The fourth-order valence-corrected chi connectivity index (χ4v) is 4.40. The van der Waals surface area contributed by atoms with Crippen molar-refractivity contribution in [1.29, 1.82) is 0 Å². The highest BCUT2D eigenvalue weighted by Crippen LogP contribution is 2.39. The molecule has 0 saturated heterocycles. The van der Waals surface area contributed by atoms with Gasteiger partial charge < -0.3 is 21.1 Å². The molecule has 1 fully saturated rings. The van der Waals surface area contributed by atoms with Gasteiger partial charge in [-0.2, -0.15) is 0 Å². The van der Waals surface area contributed by atoms with Crippen molar-refractivity contribution in [3.63, 3.8) is 0 Å². The van der Waals surface area contributed by atoms with Gasteiger partial charge in [-0.15, -0.1) is 11.3 Å². The summed E-state index contributed by atoms with van der Waals surface area (Å²) in [6.45, 7) is 4.59. The monoisotopic (exact) mass is 379 g/mol. The minimum absolute atomic E-state index is 0.0262. The molecule has 0 bridgehead atoms. The molecule has 142 valence electrons. The predicted octanol–water partition coefficient (Wildman–Crippen LogP) is 2.61. The molecule has 0 aliphatic heterocycles. The Balaban J connectivity index is 1.86. The van der Waals surface area contributed by atoms with Crippen LogP contribution < -0.4 is 16.0 Å². The molecule has 0 aromatic carbocycles. The number of fused-ring (bicyclic) bond motifs is 1. The third kappa shape index (κ3) is 4.35. The SMILES string of the molecule is CC(C)CNC(=O)c1c(NC(=O)C2CC2)sc2c1C[C@@H](NC(=O)O)CC2. The van der Waals surface area contributed by atoms with Gasteiger partial charge in [0, 0.05) is 23.4 Å². The highest BCUT2D eigenvalue weighted by molar-refractivity contribution is 7.17. The zero-order valence-corrected chi connectivity index (χ0v) is 15.9. The minimum Gasteiger partial charge on any atom is -0.465 e. The minimum atomic E-state index is -1.05. The van der Waals surface area contributed by atoms with Crippen molar-refractivity contribution in [3.8, 4) is 0 Å². The van der Waals surface area contributed by atoms with Crippen LogP contribution in [0.4, 0.5) is 9.80 Å². The summed E-state index contributed by atoms with van der Waals surface area (Å²) in [5.41, 5.74) is 1.38. The molecule has 1 saturated carbocycles. The van der Waals surface area contributed by atoms with Gasteiger partial charge in [0.05, 0.1) is 5.56 Å². The van der Waals surface area contributed by atoms with Crippen molar-refractivity contribution in [2.75, 3.05) is 11.9 Å². The van der Waals surface area contributed by atoms with Crippen molar-refractivity contribution in [2.24, 2.45) is 11.8 Å². The number of carbonyl (C=O) groups excluding carboxylic acids is 2. The summed E-state index contributed by atoms with van der Waals surface area (Å²) in [5, 5.41) is 18.0. The zero-order valence-electron chi connectivity index (χ0n) is 15.1. The first-order valence-electron chi connectivity index (χ1n) is 9.08. The Hall–Kier alpha value is -2.09. The molecule has 4 N–H and O–H groups in total. The standard InChI is InChI=1S/C18H25N3O4S/c1-9(2)8-19-16(23)14-12-7-11(20-18(24)25)5-6-13(12)26-17(14)21-15(22)10-3-4-10/h9-11,20H,3-8H2,1-2H3,(H,19,23)(H,21,22)(H,24,25)/t11-/m0/s1. The highest BCUT2D eigenvalue weighted by Gasteiger charge is 2.34. The Bertz CT molecular complexity index is 724. The molecule has 8 heteroatoms. The van der Waals surface area contributed by atoms with Crippen molar-refractivity contribution in [1.82, 2.24) is 10.6 Å². The lowest BCUT2D eigenvalue weighted by Crippen LogP contribution is -2.38. The lowest BCUT2D eigenvalue weighted by Gasteiger charge is -2.22. The summed E-state index contributed by atoms with van der Waals surface area (Å²) in [6, 6.07) is -0.210. The Morgan fingerprint density at radius 1 is 1.23 bits per heavy atom. The molecule has 3 amide bonds. The van der Waals surface area contributed by atoms with E-state index in [1.807, 2.05) is 13.8 Å². The van der Waals surface area contributed by atoms with Gasteiger partial charge >= 0.3 is 6.09 Å². The van der Waals surface area contributed by atoms with Crippen LogP contribution in [0, 0.1) is 11.8 Å². The predicted molar refractivity (Wildman–Crippen MR) is 99.8 cm³/mol. The van der Waals surface area contributed by atoms with Crippen LogP contribution in [0.1, 0.15) is 53.9 Å². The fraction of sp³-hybridized carbons (Fsp3) is 0.611. The van der Waals surface area contributed by atoms with Crippen molar-refractivity contribution in [3.05, 3.63) is 16.0 Å². The highest BCUT2D eigenvalue weighted by atomic mass is 32.1. The molecule has 0 spiro atoms. The summed E-state index contributed by atoms with van der Waals surface area (Å²) in [4.78, 5) is 37.0. The van der Waals surface area contributed by atoms with Gasteiger partial charge in [-0.05, 0) is 43.6 Å². The quantitative estimate of drug-likeness (QED) is 0.609. The van der Waals surface area contributed by atoms with E-state index in [9.17, 15) is 14.4 Å². The first-order valence-corrected chi connectivity index (χ1v) is 9.89. The molecule has 1 atom stereocenters. The number of anilines is 1. The number of nitrogens with one attached hydrogen (secondary N) is 3. The molecular formula is C18H25N3O4S. The summed E-state index contributed by atoms with van der Waals surface area (Å²) >= 11 is 1.45. The third-order valence-electron chi connectivity index (χ3n) is 4.67. The Morgan fingerprint density at radius 3 is 2.58 bits per heavy atom. The average Bonchev–Trinajstić information content (AvgIpc) is 3.34. The lowest BCUT2D eigenvalue weighted by molar-refractivity contribution is -0.117. The molecular weight excluding hydrogens is 354 g/mol. The van der Waals surface area contributed by atoms with Crippen molar-refractivity contribution in [2.45, 2.75) is 52.0 Å². The van der Waals surface area contributed by atoms with Gasteiger partial charge in [0.2, 0.25) is 5.91 Å². The number of aryl methyl sites for hydroxylation is 1. The number of hydrogen-bond donors (Lipinski definition) is 4. The zero-order chi connectivity index (χ0) is 18.8. The van der Waals surface area contributed by atoms with E-state index in [1.54, 1.807) is 0 Å². The first-order chi connectivity index (χ1) is 12.3. The van der Waals surface area contributed by atoms with Crippen molar-refractivity contribution >= 4 is 34.2 Å². The summed E-state index contributed by atoms with van der Waals surface area (Å²) in [5.74, 6) is 0.154. The van der Waals surface area contributed by atoms with E-state index in [1.165, 1.54) is 11.3 Å². The first kappa shape index (κ1) is 18.7. The average molecular weight is 379 g/mol. The molecule has 2 aliphatic carbocycles. The van der Waals surface area contributed by atoms with E-state index in [0.29, 0.717) is 42.3 Å². The number of hydrogen-bond acceptors (Lipinski definition) is 4. The molecule has 1 heterocycles. The van der Waals surface area contributed by atoms with Gasteiger partial charge in [0.25, 0.3) is 5.91 Å². The molecule has 2 aliphatic rings. The largest absolute Gasteiger partial charge is 0.465 e. The smallest absolute Gasteiger partial charge is 0.404 e. The lowest BCUT2D eigenvalue weighted by atomic mass is 9.91. The van der Waals surface area contributed by atoms with Gasteiger partial charge in [-0.25, -0.2) is 4.79 Å². The van der Waals surface area contributed by atoms with Crippen molar-refractivity contribution < 1.29 is 19.5 Å². The maximum absolute atomic E-state index is 12.8. The van der Waals surface area contributed by atoms with Gasteiger partial charge in [-0.3, -0.25) is 9.59 Å². The topological polar surface area (TPSA) is 108 Å². The molecule has 26 heavy (non-hydrogen) atoms. The Labute approximate surface area is 156 Å². The summed E-state index contributed by atoms with van der Waals surface area (Å²) in [6.07, 6.45) is 2.62. The third-order valence-corrected chi connectivity index (χ3v) is 5.88. The van der Waals surface area contributed by atoms with Gasteiger partial charge in [-0.1, -0.05) is 13.8 Å². The van der Waals surface area contributed by atoms with Gasteiger partial charge in [0.15, 0.2) is 0 Å². The Kier molecular flexibility index (Phi) is 5.50. The fourth-order valence-electron chi connectivity index (χ4n) is 3.15. The molecule has 1 aromatic rings. The molecule has 1 aromatic heterocycles. The van der Waals surface area contributed by atoms with E-state index in [4.69, 9.17) is 5.11 Å². The number of rotatable bonds is 6. The number of amides is 3. The number of thiophene rings is 1. The van der Waals surface area contributed by atoms with Crippen LogP contribution in [-0.4, -0.2) is 35.6 Å². The second-order valence-electron chi connectivity index (χ2n) is 7.46. The number of carboxylic acid groups (broad SMARTS) is 1. The molecule has 7 nitrogen and oxygen atoms in total. The molecule has 0 radical (unpaired) electrons.